The molecule has 2 saturated heterocycles. The molecule has 0 aliphatic carbocycles. The summed E-state index contributed by atoms with van der Waals surface area (Å²) in [6, 6.07) is 8.30. The Bertz CT molecular complexity index is 488. The van der Waals surface area contributed by atoms with Crippen LogP contribution in [0.3, 0.4) is 0 Å². The van der Waals surface area contributed by atoms with Gasteiger partial charge in [0.2, 0.25) is 5.91 Å². The lowest BCUT2D eigenvalue weighted by Gasteiger charge is -2.25. The highest BCUT2D eigenvalue weighted by atomic mass is 79.9. The van der Waals surface area contributed by atoms with E-state index in [-0.39, 0.29) is 18.0 Å². The van der Waals surface area contributed by atoms with Crippen molar-refractivity contribution in [3.05, 3.63) is 28.7 Å². The molecule has 3 rings (SSSR count). The molecule has 2 aliphatic rings. The Hall–Kier alpha value is -1.11. The van der Waals surface area contributed by atoms with Crippen LogP contribution in [0.15, 0.2) is 28.7 Å². The van der Waals surface area contributed by atoms with Gasteiger partial charge in [0, 0.05) is 35.8 Å². The van der Waals surface area contributed by atoms with Gasteiger partial charge in [0.15, 0.2) is 0 Å². The number of anilines is 1. The van der Waals surface area contributed by atoms with Gasteiger partial charge in [-0.3, -0.25) is 4.79 Å². The molecule has 6 heteroatoms. The molecule has 2 aliphatic heterocycles. The summed E-state index contributed by atoms with van der Waals surface area (Å²) in [6.45, 7) is 3.73. The van der Waals surface area contributed by atoms with Gasteiger partial charge in [-0.1, -0.05) is 15.9 Å². The van der Waals surface area contributed by atoms with Gasteiger partial charge < -0.3 is 20.3 Å². The van der Waals surface area contributed by atoms with Crippen LogP contribution in [0, 0.1) is 0 Å². The first-order valence-corrected chi connectivity index (χ1v) is 8.14. The Kier molecular flexibility index (Phi) is 4.77. The van der Waals surface area contributed by atoms with Crippen LogP contribution in [0.2, 0.25) is 0 Å². The van der Waals surface area contributed by atoms with Crippen LogP contribution >= 0.6 is 15.9 Å². The third-order valence-corrected chi connectivity index (χ3v) is 4.49. The SMILES string of the molecule is O=C(NC1CCN(c2ccc(Br)cc2)C1)C1COCCN1. The largest absolute Gasteiger partial charge is 0.378 e. The van der Waals surface area contributed by atoms with Crippen LogP contribution in [-0.4, -0.2) is 50.8 Å². The lowest BCUT2D eigenvalue weighted by molar-refractivity contribution is -0.126. The molecule has 2 fully saturated rings. The first-order valence-electron chi connectivity index (χ1n) is 7.34. The number of hydrogen-bond acceptors (Lipinski definition) is 4. The van der Waals surface area contributed by atoms with E-state index >= 15 is 0 Å². The molecule has 1 amide bonds. The molecule has 2 unspecified atom stereocenters. The number of nitrogens with one attached hydrogen (secondary N) is 2. The van der Waals surface area contributed by atoms with Crippen LogP contribution in [0.25, 0.3) is 0 Å². The summed E-state index contributed by atoms with van der Waals surface area (Å²) in [5.74, 6) is 0.0531. The molecule has 0 spiro atoms. The number of amides is 1. The summed E-state index contributed by atoms with van der Waals surface area (Å²) in [7, 11) is 0. The standard InChI is InChI=1S/C15H20BrN3O2/c16-11-1-3-13(4-2-11)19-7-5-12(9-19)18-15(20)14-10-21-8-6-17-14/h1-4,12,14,17H,5-10H2,(H,18,20). The highest BCUT2D eigenvalue weighted by molar-refractivity contribution is 9.10. The second kappa shape index (κ2) is 6.77. The van der Waals surface area contributed by atoms with Crippen molar-refractivity contribution >= 4 is 27.5 Å². The fourth-order valence-electron chi connectivity index (χ4n) is 2.80. The summed E-state index contributed by atoms with van der Waals surface area (Å²) < 4.78 is 6.41. The zero-order chi connectivity index (χ0) is 14.7. The minimum Gasteiger partial charge on any atom is -0.378 e. The third-order valence-electron chi connectivity index (χ3n) is 3.96. The molecule has 5 nitrogen and oxygen atoms in total. The van der Waals surface area contributed by atoms with E-state index in [2.05, 4.69) is 43.6 Å². The van der Waals surface area contributed by atoms with Crippen molar-refractivity contribution in [2.45, 2.75) is 18.5 Å². The van der Waals surface area contributed by atoms with Crippen molar-refractivity contribution in [1.82, 2.24) is 10.6 Å². The number of ether oxygens (including phenoxy) is 1. The van der Waals surface area contributed by atoms with Gasteiger partial charge >= 0.3 is 0 Å². The molecule has 2 heterocycles. The van der Waals surface area contributed by atoms with Gasteiger partial charge in [0.05, 0.1) is 13.2 Å². The van der Waals surface area contributed by atoms with E-state index in [4.69, 9.17) is 4.74 Å². The second-order valence-corrected chi connectivity index (χ2v) is 6.41. The fraction of sp³-hybridized carbons (Fsp3) is 0.533. The van der Waals surface area contributed by atoms with Gasteiger partial charge in [-0.15, -0.1) is 0 Å². The highest BCUT2D eigenvalue weighted by Gasteiger charge is 2.28. The number of benzene rings is 1. The van der Waals surface area contributed by atoms with Crippen LogP contribution in [0.1, 0.15) is 6.42 Å². The zero-order valence-electron chi connectivity index (χ0n) is 11.8. The van der Waals surface area contributed by atoms with E-state index < -0.39 is 0 Å². The maximum absolute atomic E-state index is 12.2. The van der Waals surface area contributed by atoms with Crippen molar-refractivity contribution in [3.8, 4) is 0 Å². The number of morpholine rings is 1. The van der Waals surface area contributed by atoms with Gasteiger partial charge in [-0.2, -0.15) is 0 Å². The normalized spacial score (nSPS) is 25.9. The number of hydrogen-bond donors (Lipinski definition) is 2. The predicted octanol–water partition coefficient (Wildman–Crippen LogP) is 1.13. The van der Waals surface area contributed by atoms with Crippen molar-refractivity contribution < 1.29 is 9.53 Å². The number of halogens is 1. The minimum absolute atomic E-state index is 0.0531. The van der Waals surface area contributed by atoms with E-state index in [1.807, 2.05) is 12.1 Å². The monoisotopic (exact) mass is 353 g/mol. The molecule has 114 valence electrons. The fourth-order valence-corrected chi connectivity index (χ4v) is 3.06. The molecule has 2 atom stereocenters. The number of nitrogens with zero attached hydrogens (tertiary/aromatic N) is 1. The Morgan fingerprint density at radius 1 is 1.38 bits per heavy atom. The molecule has 21 heavy (non-hydrogen) atoms. The van der Waals surface area contributed by atoms with E-state index in [9.17, 15) is 4.79 Å². The van der Waals surface area contributed by atoms with Crippen LogP contribution in [0.4, 0.5) is 5.69 Å². The Morgan fingerprint density at radius 3 is 2.90 bits per heavy atom. The second-order valence-electron chi connectivity index (χ2n) is 5.50. The number of carbonyl (C=O) groups is 1. The smallest absolute Gasteiger partial charge is 0.239 e. The van der Waals surface area contributed by atoms with E-state index in [0.29, 0.717) is 13.2 Å². The quantitative estimate of drug-likeness (QED) is 0.855. The summed E-state index contributed by atoms with van der Waals surface area (Å²) >= 11 is 3.45. The number of rotatable bonds is 3. The van der Waals surface area contributed by atoms with Crippen molar-refractivity contribution in [2.75, 3.05) is 37.7 Å². The Labute approximate surface area is 133 Å². The van der Waals surface area contributed by atoms with Gasteiger partial charge in [-0.05, 0) is 30.7 Å². The lowest BCUT2D eigenvalue weighted by Crippen LogP contribution is -2.53. The molecular formula is C15H20BrN3O2. The molecule has 0 bridgehead atoms. The molecule has 0 aromatic heterocycles. The molecule has 0 saturated carbocycles. The highest BCUT2D eigenvalue weighted by Crippen LogP contribution is 2.22. The summed E-state index contributed by atoms with van der Waals surface area (Å²) in [4.78, 5) is 14.5. The molecule has 0 radical (unpaired) electrons. The first-order chi connectivity index (χ1) is 10.2. The van der Waals surface area contributed by atoms with Crippen LogP contribution in [0.5, 0.6) is 0 Å². The Morgan fingerprint density at radius 2 is 2.19 bits per heavy atom. The van der Waals surface area contributed by atoms with E-state index in [1.165, 1.54) is 5.69 Å². The summed E-state index contributed by atoms with van der Waals surface area (Å²) in [6.07, 6.45) is 0.982. The molecule has 1 aromatic rings. The minimum atomic E-state index is -0.208. The Balaban J connectivity index is 1.52. The van der Waals surface area contributed by atoms with Crippen molar-refractivity contribution in [3.63, 3.8) is 0 Å². The molecule has 1 aromatic carbocycles. The number of carbonyl (C=O) groups excluding carboxylic acids is 1. The summed E-state index contributed by atoms with van der Waals surface area (Å²) in [5.41, 5.74) is 1.20. The average molecular weight is 354 g/mol. The maximum Gasteiger partial charge on any atom is 0.239 e. The average Bonchev–Trinajstić information content (AvgIpc) is 2.97. The predicted molar refractivity (Wildman–Crippen MR) is 85.5 cm³/mol. The third kappa shape index (κ3) is 3.75. The van der Waals surface area contributed by atoms with E-state index in [1.54, 1.807) is 0 Å². The van der Waals surface area contributed by atoms with Crippen LogP contribution in [-0.2, 0) is 9.53 Å². The van der Waals surface area contributed by atoms with Crippen LogP contribution < -0.4 is 15.5 Å². The zero-order valence-corrected chi connectivity index (χ0v) is 13.4. The van der Waals surface area contributed by atoms with Gasteiger partial charge in [-0.25, -0.2) is 0 Å². The first kappa shape index (κ1) is 14.8. The topological polar surface area (TPSA) is 53.6 Å². The maximum atomic E-state index is 12.2. The molecule has 2 N–H and O–H groups in total. The van der Waals surface area contributed by atoms with Crippen molar-refractivity contribution in [2.24, 2.45) is 0 Å². The van der Waals surface area contributed by atoms with Gasteiger partial charge in [0.25, 0.3) is 0 Å². The van der Waals surface area contributed by atoms with Crippen molar-refractivity contribution in [1.29, 1.82) is 0 Å². The lowest BCUT2D eigenvalue weighted by atomic mass is 10.2. The van der Waals surface area contributed by atoms with E-state index in [0.717, 1.165) is 30.5 Å². The van der Waals surface area contributed by atoms with Gasteiger partial charge in [0.1, 0.15) is 6.04 Å². The summed E-state index contributed by atoms with van der Waals surface area (Å²) in [5, 5.41) is 6.31. The molecular weight excluding hydrogens is 334 g/mol.